The third kappa shape index (κ3) is 6.33. The van der Waals surface area contributed by atoms with E-state index in [9.17, 15) is 18.0 Å². The molecule has 0 aliphatic heterocycles. The highest BCUT2D eigenvalue weighted by Crippen LogP contribution is 2.23. The molecule has 0 atom stereocenters. The summed E-state index contributed by atoms with van der Waals surface area (Å²) in [5, 5.41) is 5.16. The number of benzene rings is 1. The first-order valence-corrected chi connectivity index (χ1v) is 5.20. The summed E-state index contributed by atoms with van der Waals surface area (Å²) >= 11 is 0. The van der Waals surface area contributed by atoms with Crippen LogP contribution in [0, 0.1) is 12.3 Å². The first-order valence-electron chi connectivity index (χ1n) is 5.20. The van der Waals surface area contributed by atoms with Gasteiger partial charge in [0.2, 0.25) is 5.91 Å². The topological polar surface area (TPSA) is 50.4 Å². The minimum absolute atomic E-state index is 0.0189. The fourth-order valence-electron chi connectivity index (χ4n) is 1.19. The molecule has 0 bridgehead atoms. The predicted molar refractivity (Wildman–Crippen MR) is 63.5 cm³/mol. The van der Waals surface area contributed by atoms with Crippen LogP contribution in [0.5, 0.6) is 5.75 Å². The van der Waals surface area contributed by atoms with Gasteiger partial charge in [0.25, 0.3) is 0 Å². The SMILES string of the molecule is C#CCNCC(=O)Nc1ccc(OC(F)(F)F)cc1. The quantitative estimate of drug-likeness (QED) is 0.634. The van der Waals surface area contributed by atoms with E-state index in [1.807, 2.05) is 0 Å². The van der Waals surface area contributed by atoms with Gasteiger partial charge in [-0.15, -0.1) is 19.6 Å². The van der Waals surface area contributed by atoms with Crippen molar-refractivity contribution in [3.63, 3.8) is 0 Å². The molecule has 0 saturated carbocycles. The number of hydrogen-bond acceptors (Lipinski definition) is 3. The molecule has 102 valence electrons. The van der Waals surface area contributed by atoms with E-state index in [1.54, 1.807) is 0 Å². The number of ether oxygens (including phenoxy) is 1. The molecular weight excluding hydrogens is 261 g/mol. The lowest BCUT2D eigenvalue weighted by atomic mass is 10.3. The molecule has 0 spiro atoms. The van der Waals surface area contributed by atoms with Crippen LogP contribution in [-0.4, -0.2) is 25.4 Å². The summed E-state index contributed by atoms with van der Waals surface area (Å²) in [7, 11) is 0. The van der Waals surface area contributed by atoms with Gasteiger partial charge in [0.1, 0.15) is 5.75 Å². The Bertz CT molecular complexity index is 463. The second kappa shape index (κ2) is 6.66. The molecule has 1 aromatic rings. The summed E-state index contributed by atoms with van der Waals surface area (Å²) in [6, 6.07) is 4.83. The number of alkyl halides is 3. The molecule has 0 aliphatic carbocycles. The van der Waals surface area contributed by atoms with Gasteiger partial charge < -0.3 is 10.1 Å². The van der Waals surface area contributed by atoms with Gasteiger partial charge in [0, 0.05) is 5.69 Å². The van der Waals surface area contributed by atoms with E-state index in [1.165, 1.54) is 12.1 Å². The number of hydrogen-bond donors (Lipinski definition) is 2. The first-order chi connectivity index (χ1) is 8.90. The molecule has 2 N–H and O–H groups in total. The summed E-state index contributed by atoms with van der Waals surface area (Å²) in [5.41, 5.74) is 0.363. The van der Waals surface area contributed by atoms with Gasteiger partial charge in [-0.2, -0.15) is 0 Å². The van der Waals surface area contributed by atoms with Crippen molar-refractivity contribution in [3.8, 4) is 18.1 Å². The number of halogens is 3. The molecule has 0 saturated heterocycles. The molecule has 0 aliphatic rings. The average Bonchev–Trinajstić information content (AvgIpc) is 2.30. The third-order valence-corrected chi connectivity index (χ3v) is 1.88. The standard InChI is InChI=1S/C12H11F3N2O2/c1-2-7-16-8-11(18)17-9-3-5-10(6-4-9)19-12(13,14)15/h1,3-6,16H,7-8H2,(H,17,18). The minimum atomic E-state index is -4.73. The smallest absolute Gasteiger partial charge is 0.406 e. The fraction of sp³-hybridized carbons (Fsp3) is 0.250. The zero-order valence-electron chi connectivity index (χ0n) is 9.75. The van der Waals surface area contributed by atoms with Crippen LogP contribution in [0.4, 0.5) is 18.9 Å². The zero-order chi connectivity index (χ0) is 14.3. The molecule has 7 heteroatoms. The molecule has 1 amide bonds. The Hall–Kier alpha value is -2.20. The van der Waals surface area contributed by atoms with Gasteiger partial charge >= 0.3 is 6.36 Å². The zero-order valence-corrected chi connectivity index (χ0v) is 9.75. The molecule has 19 heavy (non-hydrogen) atoms. The third-order valence-electron chi connectivity index (χ3n) is 1.88. The number of rotatable bonds is 5. The number of terminal acetylenes is 1. The lowest BCUT2D eigenvalue weighted by Crippen LogP contribution is -2.28. The Morgan fingerprint density at radius 2 is 1.95 bits per heavy atom. The summed E-state index contributed by atoms with van der Waals surface area (Å²) in [4.78, 5) is 11.3. The van der Waals surface area contributed by atoms with Crippen molar-refractivity contribution in [2.24, 2.45) is 0 Å². The minimum Gasteiger partial charge on any atom is -0.406 e. The molecule has 0 aromatic heterocycles. The molecule has 1 rings (SSSR count). The molecule has 1 aromatic carbocycles. The van der Waals surface area contributed by atoms with Gasteiger partial charge in [0.05, 0.1) is 13.1 Å². The van der Waals surface area contributed by atoms with E-state index in [2.05, 4.69) is 21.3 Å². The Labute approximate surface area is 107 Å². The van der Waals surface area contributed by atoms with Crippen LogP contribution >= 0.6 is 0 Å². The van der Waals surface area contributed by atoms with Crippen molar-refractivity contribution >= 4 is 11.6 Å². The highest BCUT2D eigenvalue weighted by atomic mass is 19.4. The number of amides is 1. The molecule has 0 heterocycles. The van der Waals surface area contributed by atoms with Crippen LogP contribution in [0.25, 0.3) is 0 Å². The lowest BCUT2D eigenvalue weighted by molar-refractivity contribution is -0.274. The Kier molecular flexibility index (Phi) is 5.21. The number of carbonyl (C=O) groups excluding carboxylic acids is 1. The fourth-order valence-corrected chi connectivity index (χ4v) is 1.19. The molecule has 4 nitrogen and oxygen atoms in total. The van der Waals surface area contributed by atoms with Gasteiger partial charge in [-0.05, 0) is 24.3 Å². The van der Waals surface area contributed by atoms with Crippen molar-refractivity contribution in [1.29, 1.82) is 0 Å². The van der Waals surface area contributed by atoms with E-state index in [0.29, 0.717) is 5.69 Å². The normalized spacial score (nSPS) is 10.6. The van der Waals surface area contributed by atoms with Gasteiger partial charge in [-0.1, -0.05) is 5.92 Å². The number of nitrogens with one attached hydrogen (secondary N) is 2. The van der Waals surface area contributed by atoms with E-state index >= 15 is 0 Å². The van der Waals surface area contributed by atoms with Crippen molar-refractivity contribution in [2.45, 2.75) is 6.36 Å². The van der Waals surface area contributed by atoms with Crippen molar-refractivity contribution < 1.29 is 22.7 Å². The highest BCUT2D eigenvalue weighted by molar-refractivity contribution is 5.92. The van der Waals surface area contributed by atoms with Crippen molar-refractivity contribution in [2.75, 3.05) is 18.4 Å². The van der Waals surface area contributed by atoms with Crippen LogP contribution in [0.2, 0.25) is 0 Å². The van der Waals surface area contributed by atoms with E-state index < -0.39 is 6.36 Å². The van der Waals surface area contributed by atoms with Gasteiger partial charge in [0.15, 0.2) is 0 Å². The maximum absolute atomic E-state index is 11.9. The molecule has 0 fully saturated rings. The maximum atomic E-state index is 11.9. The monoisotopic (exact) mass is 272 g/mol. The van der Waals surface area contributed by atoms with E-state index in [0.717, 1.165) is 12.1 Å². The van der Waals surface area contributed by atoms with Crippen LogP contribution in [0.3, 0.4) is 0 Å². The van der Waals surface area contributed by atoms with Gasteiger partial charge in [-0.3, -0.25) is 10.1 Å². The van der Waals surface area contributed by atoms with Gasteiger partial charge in [-0.25, -0.2) is 0 Å². The predicted octanol–water partition coefficient (Wildman–Crippen LogP) is 1.75. The van der Waals surface area contributed by atoms with Crippen molar-refractivity contribution in [1.82, 2.24) is 5.32 Å². The summed E-state index contributed by atoms with van der Waals surface area (Å²) < 4.78 is 39.4. The molecule has 0 radical (unpaired) electrons. The molecular formula is C12H11F3N2O2. The van der Waals surface area contributed by atoms with E-state index in [4.69, 9.17) is 6.42 Å². The Balaban J connectivity index is 2.48. The highest BCUT2D eigenvalue weighted by Gasteiger charge is 2.30. The van der Waals surface area contributed by atoms with Crippen LogP contribution in [0.1, 0.15) is 0 Å². The van der Waals surface area contributed by atoms with E-state index in [-0.39, 0.29) is 24.7 Å². The maximum Gasteiger partial charge on any atom is 0.573 e. The first kappa shape index (κ1) is 14.9. The Morgan fingerprint density at radius 3 is 2.47 bits per heavy atom. The van der Waals surface area contributed by atoms with Crippen LogP contribution < -0.4 is 15.4 Å². The van der Waals surface area contributed by atoms with Crippen molar-refractivity contribution in [3.05, 3.63) is 24.3 Å². The number of carbonyl (C=O) groups is 1. The van der Waals surface area contributed by atoms with Crippen LogP contribution in [0.15, 0.2) is 24.3 Å². The second-order valence-corrected chi connectivity index (χ2v) is 3.43. The summed E-state index contributed by atoms with van der Waals surface area (Å²) in [6.07, 6.45) is 0.252. The lowest BCUT2D eigenvalue weighted by Gasteiger charge is -2.10. The van der Waals surface area contributed by atoms with Crippen LogP contribution in [-0.2, 0) is 4.79 Å². The molecule has 0 unspecified atom stereocenters. The average molecular weight is 272 g/mol. The second-order valence-electron chi connectivity index (χ2n) is 3.43. The Morgan fingerprint density at radius 1 is 1.32 bits per heavy atom. The number of anilines is 1. The summed E-state index contributed by atoms with van der Waals surface area (Å²) in [5.74, 6) is 1.60. The summed E-state index contributed by atoms with van der Waals surface area (Å²) in [6.45, 7) is 0.275. The largest absolute Gasteiger partial charge is 0.573 e.